The molecule has 2 aromatic rings. The molecule has 0 spiro atoms. The van der Waals surface area contributed by atoms with E-state index in [-0.39, 0.29) is 18.6 Å². The molecule has 0 unspecified atom stereocenters. The summed E-state index contributed by atoms with van der Waals surface area (Å²) in [5.74, 6) is -2.23. The summed E-state index contributed by atoms with van der Waals surface area (Å²) in [5, 5.41) is 14.6. The predicted molar refractivity (Wildman–Crippen MR) is 115 cm³/mol. The topological polar surface area (TPSA) is 134 Å². The van der Waals surface area contributed by atoms with E-state index in [1.165, 1.54) is 6.92 Å². The van der Waals surface area contributed by atoms with E-state index in [4.69, 9.17) is 14.2 Å². The monoisotopic (exact) mass is 456 g/mol. The van der Waals surface area contributed by atoms with Crippen molar-refractivity contribution in [3.8, 4) is 0 Å². The lowest BCUT2D eigenvalue weighted by Crippen LogP contribution is -2.50. The Hall–Kier alpha value is -3.79. The van der Waals surface area contributed by atoms with Gasteiger partial charge in [-0.15, -0.1) is 0 Å². The molecule has 1 aliphatic rings. The van der Waals surface area contributed by atoms with E-state index in [1.54, 1.807) is 30.3 Å². The number of hydrogen-bond donors (Lipinski definition) is 1. The maximum atomic E-state index is 12.4. The quantitative estimate of drug-likeness (QED) is 0.247. The van der Waals surface area contributed by atoms with Gasteiger partial charge in [0.15, 0.2) is 0 Å². The van der Waals surface area contributed by atoms with Crippen molar-refractivity contribution >= 4 is 18.3 Å². The van der Waals surface area contributed by atoms with Crippen molar-refractivity contribution < 1.29 is 33.5 Å². The number of carbonyl (C=O) groups is 3. The van der Waals surface area contributed by atoms with Gasteiger partial charge in [0, 0.05) is 11.8 Å². The lowest BCUT2D eigenvalue weighted by Gasteiger charge is -2.24. The van der Waals surface area contributed by atoms with Gasteiger partial charge in [0.1, 0.15) is 30.8 Å². The minimum absolute atomic E-state index is 0.0707. The molecule has 0 saturated heterocycles. The van der Waals surface area contributed by atoms with Gasteiger partial charge in [0.2, 0.25) is 11.9 Å². The van der Waals surface area contributed by atoms with E-state index < -0.39 is 53.6 Å². The van der Waals surface area contributed by atoms with Crippen LogP contribution < -0.4 is 5.32 Å². The van der Waals surface area contributed by atoms with Gasteiger partial charge in [-0.3, -0.25) is 19.7 Å². The van der Waals surface area contributed by atoms with Gasteiger partial charge in [-0.2, -0.15) is 0 Å². The largest absolute Gasteiger partial charge is 0.461 e. The first-order valence-corrected chi connectivity index (χ1v) is 10.3. The van der Waals surface area contributed by atoms with Crippen molar-refractivity contribution in [2.75, 3.05) is 6.61 Å². The third-order valence-corrected chi connectivity index (χ3v) is 5.43. The summed E-state index contributed by atoms with van der Waals surface area (Å²) in [4.78, 5) is 46.9. The number of nitro groups is 1. The third-order valence-electron chi connectivity index (χ3n) is 5.43. The zero-order valence-electron chi connectivity index (χ0n) is 17.9. The lowest BCUT2D eigenvalue weighted by molar-refractivity contribution is -0.533. The first-order valence-electron chi connectivity index (χ1n) is 10.3. The summed E-state index contributed by atoms with van der Waals surface area (Å²) in [6, 6.07) is 14.7. The van der Waals surface area contributed by atoms with Crippen LogP contribution in [0.25, 0.3) is 0 Å². The highest BCUT2D eigenvalue weighted by molar-refractivity contribution is 5.89. The van der Waals surface area contributed by atoms with Crippen LogP contribution >= 0.6 is 0 Å². The Morgan fingerprint density at radius 2 is 1.70 bits per heavy atom. The average molecular weight is 456 g/mol. The first-order chi connectivity index (χ1) is 15.9. The Morgan fingerprint density at radius 3 is 2.27 bits per heavy atom. The number of hydrogen-bond acceptors (Lipinski definition) is 8. The molecule has 0 aromatic heterocycles. The van der Waals surface area contributed by atoms with Crippen LogP contribution in [0.15, 0.2) is 60.7 Å². The van der Waals surface area contributed by atoms with Gasteiger partial charge < -0.3 is 19.5 Å². The molecule has 1 N–H and O–H groups in total. The Morgan fingerprint density at radius 1 is 1.06 bits per heavy atom. The van der Waals surface area contributed by atoms with E-state index in [9.17, 15) is 24.5 Å². The predicted octanol–water partition coefficient (Wildman–Crippen LogP) is 1.75. The number of esters is 1. The third kappa shape index (κ3) is 5.92. The minimum Gasteiger partial charge on any atom is -0.461 e. The standard InChI is InChI=1S/C23H24N2O8/c1-15(27)24-19-20(25(29)30)18(13-32-23(28)17-10-6-3-7-11-17)21(33-14-26)22(19)31-12-16-8-4-2-5-9-16/h2-11,14,18-22H,12-13H2,1H3,(H,24,27)/t18-,19+,20+,21+,22-/m0/s1. The van der Waals surface area contributed by atoms with E-state index in [2.05, 4.69) is 5.32 Å². The van der Waals surface area contributed by atoms with Gasteiger partial charge in [-0.1, -0.05) is 48.5 Å². The fourth-order valence-corrected chi connectivity index (χ4v) is 4.02. The molecule has 5 atom stereocenters. The molecule has 10 heteroatoms. The van der Waals surface area contributed by atoms with Gasteiger partial charge in [-0.05, 0) is 17.7 Å². The molecular formula is C23H24N2O8. The van der Waals surface area contributed by atoms with Crippen LogP contribution in [-0.2, 0) is 30.4 Å². The zero-order valence-corrected chi connectivity index (χ0v) is 17.9. The van der Waals surface area contributed by atoms with Crippen molar-refractivity contribution in [3.63, 3.8) is 0 Å². The molecule has 0 aliphatic heterocycles. The fraction of sp³-hybridized carbons (Fsp3) is 0.348. The lowest BCUT2D eigenvalue weighted by atomic mass is 10.0. The maximum absolute atomic E-state index is 12.4. The second-order valence-corrected chi connectivity index (χ2v) is 7.59. The highest BCUT2D eigenvalue weighted by Gasteiger charge is 2.60. The number of amides is 1. The molecule has 10 nitrogen and oxygen atoms in total. The van der Waals surface area contributed by atoms with Crippen LogP contribution in [-0.4, -0.2) is 54.2 Å². The number of rotatable bonds is 10. The molecular weight excluding hydrogens is 432 g/mol. The van der Waals surface area contributed by atoms with Crippen molar-refractivity contribution in [1.29, 1.82) is 0 Å². The molecule has 174 valence electrons. The van der Waals surface area contributed by atoms with Crippen LogP contribution in [0.2, 0.25) is 0 Å². The summed E-state index contributed by atoms with van der Waals surface area (Å²) >= 11 is 0. The molecule has 0 bridgehead atoms. The Kier molecular flexibility index (Phi) is 8.09. The number of nitrogens with one attached hydrogen (secondary N) is 1. The van der Waals surface area contributed by atoms with Gasteiger partial charge >= 0.3 is 5.97 Å². The number of nitrogens with zero attached hydrogens (tertiary/aromatic N) is 1. The van der Waals surface area contributed by atoms with Crippen molar-refractivity contribution in [2.45, 2.75) is 37.8 Å². The van der Waals surface area contributed by atoms with Gasteiger partial charge in [0.05, 0.1) is 12.2 Å². The number of benzene rings is 2. The van der Waals surface area contributed by atoms with E-state index in [1.807, 2.05) is 30.3 Å². The highest BCUT2D eigenvalue weighted by atomic mass is 16.6. The molecule has 2 aromatic carbocycles. The highest BCUT2D eigenvalue weighted by Crippen LogP contribution is 2.34. The summed E-state index contributed by atoms with van der Waals surface area (Å²) in [6.45, 7) is 1.06. The Balaban J connectivity index is 1.85. The van der Waals surface area contributed by atoms with Crippen LogP contribution in [0.4, 0.5) is 0 Å². The first kappa shape index (κ1) is 23.9. The van der Waals surface area contributed by atoms with Crippen LogP contribution in [0.3, 0.4) is 0 Å². The minimum atomic E-state index is -1.41. The van der Waals surface area contributed by atoms with E-state index in [0.717, 1.165) is 5.56 Å². The normalized spacial score (nSPS) is 24.0. The summed E-state index contributed by atoms with van der Waals surface area (Å²) in [5.41, 5.74) is 1.07. The van der Waals surface area contributed by atoms with Crippen molar-refractivity contribution in [2.24, 2.45) is 5.92 Å². The Bertz CT molecular complexity index is 969. The van der Waals surface area contributed by atoms with E-state index >= 15 is 0 Å². The fourth-order valence-electron chi connectivity index (χ4n) is 4.02. The number of carbonyl (C=O) groups excluding carboxylic acids is 3. The smallest absolute Gasteiger partial charge is 0.338 e. The summed E-state index contributed by atoms with van der Waals surface area (Å²) in [7, 11) is 0. The number of ether oxygens (including phenoxy) is 3. The van der Waals surface area contributed by atoms with E-state index in [0.29, 0.717) is 0 Å². The molecule has 1 amide bonds. The molecule has 0 heterocycles. The molecule has 1 aliphatic carbocycles. The average Bonchev–Trinajstić information content (AvgIpc) is 3.09. The van der Waals surface area contributed by atoms with Gasteiger partial charge in [-0.25, -0.2) is 4.79 Å². The van der Waals surface area contributed by atoms with Crippen molar-refractivity contribution in [3.05, 3.63) is 81.9 Å². The molecule has 33 heavy (non-hydrogen) atoms. The maximum Gasteiger partial charge on any atom is 0.338 e. The molecule has 1 saturated carbocycles. The molecule has 1 fully saturated rings. The molecule has 3 rings (SSSR count). The molecule has 0 radical (unpaired) electrons. The zero-order chi connectivity index (χ0) is 23.8. The second kappa shape index (κ2) is 11.2. The SMILES string of the molecule is CC(=O)N[C@H]1[C@H](OCc2ccccc2)[C@H](OC=O)[C@@H](COC(=O)c2ccccc2)[C@H]1[N+](=O)[O-]. The van der Waals surface area contributed by atoms with Crippen LogP contribution in [0.1, 0.15) is 22.8 Å². The van der Waals surface area contributed by atoms with Gasteiger partial charge in [0.25, 0.3) is 6.47 Å². The second-order valence-electron chi connectivity index (χ2n) is 7.59. The summed E-state index contributed by atoms with van der Waals surface area (Å²) < 4.78 is 16.4. The Labute approximate surface area is 190 Å². The van der Waals surface area contributed by atoms with Crippen LogP contribution in [0, 0.1) is 16.0 Å². The summed E-state index contributed by atoms with van der Waals surface area (Å²) in [6.07, 6.45) is -2.16. The van der Waals surface area contributed by atoms with Crippen molar-refractivity contribution in [1.82, 2.24) is 5.32 Å². The van der Waals surface area contributed by atoms with Crippen LogP contribution in [0.5, 0.6) is 0 Å².